The highest BCUT2D eigenvalue weighted by molar-refractivity contribution is 5.98. The molecule has 168 valence electrons. The number of carbonyl (C=O) groups is 2. The maximum absolute atomic E-state index is 13.8. The standard InChI is InChI=1S/C30H25NO3/c1-34-30(33)28(26(20-12-4-2-5-13-20)21-14-6-3-7-15-21)31-29(32)27-24-18-10-8-16-22(24)23-17-9-11-19-25(23)27/h2-19,26-28H,1H3,(H,31,32)/t28-/m1/s1. The zero-order valence-electron chi connectivity index (χ0n) is 18.8. The van der Waals surface area contributed by atoms with Gasteiger partial charge in [0.25, 0.3) is 0 Å². The molecule has 4 nitrogen and oxygen atoms in total. The highest BCUT2D eigenvalue weighted by Crippen LogP contribution is 2.44. The van der Waals surface area contributed by atoms with Crippen molar-refractivity contribution in [2.45, 2.75) is 17.9 Å². The van der Waals surface area contributed by atoms with Gasteiger partial charge in [0.05, 0.1) is 13.0 Å². The zero-order chi connectivity index (χ0) is 23.5. The minimum Gasteiger partial charge on any atom is -0.467 e. The topological polar surface area (TPSA) is 55.4 Å². The number of esters is 1. The molecule has 0 unspecified atom stereocenters. The third-order valence-corrected chi connectivity index (χ3v) is 6.50. The van der Waals surface area contributed by atoms with Crippen molar-refractivity contribution in [3.63, 3.8) is 0 Å². The fourth-order valence-electron chi connectivity index (χ4n) is 4.98. The van der Waals surface area contributed by atoms with E-state index in [4.69, 9.17) is 4.74 Å². The highest BCUT2D eigenvalue weighted by atomic mass is 16.5. The number of carbonyl (C=O) groups excluding carboxylic acids is 2. The average Bonchev–Trinajstić information content (AvgIpc) is 3.23. The fourth-order valence-corrected chi connectivity index (χ4v) is 4.98. The lowest BCUT2D eigenvalue weighted by Gasteiger charge is -2.28. The molecule has 0 saturated heterocycles. The van der Waals surface area contributed by atoms with Crippen LogP contribution in [0.3, 0.4) is 0 Å². The summed E-state index contributed by atoms with van der Waals surface area (Å²) in [5, 5.41) is 3.08. The zero-order valence-corrected chi connectivity index (χ0v) is 18.8. The molecule has 0 saturated carbocycles. The van der Waals surface area contributed by atoms with E-state index in [1.165, 1.54) is 7.11 Å². The SMILES string of the molecule is COC(=O)[C@H](NC(=O)C1c2ccccc2-c2ccccc21)C(c1ccccc1)c1ccccc1. The Balaban J connectivity index is 1.56. The van der Waals surface area contributed by atoms with Crippen molar-refractivity contribution >= 4 is 11.9 Å². The van der Waals surface area contributed by atoms with Crippen LogP contribution < -0.4 is 5.32 Å². The second kappa shape index (κ2) is 9.36. The number of benzene rings is 4. The fraction of sp³-hybridized carbons (Fsp3) is 0.133. The molecule has 1 amide bonds. The summed E-state index contributed by atoms with van der Waals surface area (Å²) >= 11 is 0. The Hall–Kier alpha value is -4.18. The first kappa shape index (κ1) is 21.7. The summed E-state index contributed by atoms with van der Waals surface area (Å²) in [5.41, 5.74) is 5.85. The molecule has 1 aliphatic rings. The molecule has 4 aromatic carbocycles. The van der Waals surface area contributed by atoms with Gasteiger partial charge in [0.1, 0.15) is 6.04 Å². The van der Waals surface area contributed by atoms with E-state index < -0.39 is 23.8 Å². The first-order valence-corrected chi connectivity index (χ1v) is 11.4. The monoisotopic (exact) mass is 447 g/mol. The summed E-state index contributed by atoms with van der Waals surface area (Å²) in [6.45, 7) is 0. The van der Waals surface area contributed by atoms with E-state index in [1.807, 2.05) is 109 Å². The van der Waals surface area contributed by atoms with Gasteiger partial charge >= 0.3 is 5.97 Å². The molecular weight excluding hydrogens is 422 g/mol. The van der Waals surface area contributed by atoms with Crippen molar-refractivity contribution in [2.24, 2.45) is 0 Å². The highest BCUT2D eigenvalue weighted by Gasteiger charge is 2.38. The van der Waals surface area contributed by atoms with Crippen molar-refractivity contribution in [3.05, 3.63) is 131 Å². The van der Waals surface area contributed by atoms with Crippen LogP contribution in [0.1, 0.15) is 34.1 Å². The molecule has 5 rings (SSSR count). The molecule has 0 aliphatic heterocycles. The molecule has 0 fully saturated rings. The lowest BCUT2D eigenvalue weighted by Crippen LogP contribution is -2.47. The number of rotatable bonds is 6. The maximum Gasteiger partial charge on any atom is 0.329 e. The van der Waals surface area contributed by atoms with Crippen LogP contribution in [0.4, 0.5) is 0 Å². The van der Waals surface area contributed by atoms with Crippen LogP contribution in [0.25, 0.3) is 11.1 Å². The van der Waals surface area contributed by atoms with E-state index in [0.29, 0.717) is 0 Å². The van der Waals surface area contributed by atoms with Gasteiger partial charge in [-0.1, -0.05) is 109 Å². The molecule has 0 aromatic heterocycles. The van der Waals surface area contributed by atoms with E-state index in [-0.39, 0.29) is 5.91 Å². The molecule has 0 bridgehead atoms. The summed E-state index contributed by atoms with van der Waals surface area (Å²) in [6.07, 6.45) is 0. The van der Waals surface area contributed by atoms with Crippen LogP contribution >= 0.6 is 0 Å². The number of hydrogen-bond donors (Lipinski definition) is 1. The predicted molar refractivity (Wildman–Crippen MR) is 132 cm³/mol. The second-order valence-corrected chi connectivity index (χ2v) is 8.42. The third kappa shape index (κ3) is 3.88. The molecule has 0 spiro atoms. The first-order chi connectivity index (χ1) is 16.7. The largest absolute Gasteiger partial charge is 0.467 e. The molecule has 1 aliphatic carbocycles. The Morgan fingerprint density at radius 1 is 0.676 bits per heavy atom. The number of methoxy groups -OCH3 is 1. The quantitative estimate of drug-likeness (QED) is 0.409. The van der Waals surface area contributed by atoms with Crippen LogP contribution in [0.15, 0.2) is 109 Å². The summed E-state index contributed by atoms with van der Waals surface area (Å²) in [5.74, 6) is -1.59. The number of hydrogen-bond acceptors (Lipinski definition) is 3. The third-order valence-electron chi connectivity index (χ3n) is 6.50. The Morgan fingerprint density at radius 3 is 1.59 bits per heavy atom. The van der Waals surface area contributed by atoms with Crippen LogP contribution in [0.5, 0.6) is 0 Å². The van der Waals surface area contributed by atoms with Gasteiger partial charge in [-0.3, -0.25) is 4.79 Å². The molecule has 0 heterocycles. The number of fused-ring (bicyclic) bond motifs is 3. The predicted octanol–water partition coefficient (Wildman–Crippen LogP) is 5.29. The van der Waals surface area contributed by atoms with E-state index in [2.05, 4.69) is 5.32 Å². The van der Waals surface area contributed by atoms with Gasteiger partial charge in [-0.05, 0) is 33.4 Å². The van der Waals surface area contributed by atoms with Crippen molar-refractivity contribution in [2.75, 3.05) is 7.11 Å². The van der Waals surface area contributed by atoms with Gasteiger partial charge < -0.3 is 10.1 Å². The van der Waals surface area contributed by atoms with Gasteiger partial charge in [0.2, 0.25) is 5.91 Å². The summed E-state index contributed by atoms with van der Waals surface area (Å²) in [6, 6.07) is 34.5. The van der Waals surface area contributed by atoms with E-state index in [1.54, 1.807) is 0 Å². The lowest BCUT2D eigenvalue weighted by atomic mass is 9.84. The lowest BCUT2D eigenvalue weighted by molar-refractivity contribution is -0.145. The van der Waals surface area contributed by atoms with Crippen LogP contribution in [0, 0.1) is 0 Å². The van der Waals surface area contributed by atoms with Crippen molar-refractivity contribution in [1.29, 1.82) is 0 Å². The smallest absolute Gasteiger partial charge is 0.329 e. The summed E-state index contributed by atoms with van der Waals surface area (Å²) in [7, 11) is 1.36. The van der Waals surface area contributed by atoms with Gasteiger partial charge in [-0.2, -0.15) is 0 Å². The van der Waals surface area contributed by atoms with E-state index in [0.717, 1.165) is 33.4 Å². The van der Waals surface area contributed by atoms with Crippen molar-refractivity contribution in [1.82, 2.24) is 5.32 Å². The van der Waals surface area contributed by atoms with Crippen molar-refractivity contribution < 1.29 is 14.3 Å². The van der Waals surface area contributed by atoms with Gasteiger partial charge in [-0.15, -0.1) is 0 Å². The molecule has 0 radical (unpaired) electrons. The van der Waals surface area contributed by atoms with Gasteiger partial charge in [0, 0.05) is 5.92 Å². The molecule has 4 heteroatoms. The summed E-state index contributed by atoms with van der Waals surface area (Å²) in [4.78, 5) is 27.0. The van der Waals surface area contributed by atoms with E-state index in [9.17, 15) is 9.59 Å². The number of amides is 1. The minimum atomic E-state index is -0.887. The molecule has 1 atom stereocenters. The maximum atomic E-state index is 13.8. The molecule has 4 aromatic rings. The number of ether oxygens (including phenoxy) is 1. The van der Waals surface area contributed by atoms with Gasteiger partial charge in [0.15, 0.2) is 0 Å². The first-order valence-electron chi connectivity index (χ1n) is 11.4. The van der Waals surface area contributed by atoms with Crippen molar-refractivity contribution in [3.8, 4) is 11.1 Å². The average molecular weight is 448 g/mol. The minimum absolute atomic E-state index is 0.218. The normalized spacial score (nSPS) is 13.1. The Bertz CT molecular complexity index is 1230. The molecule has 34 heavy (non-hydrogen) atoms. The van der Waals surface area contributed by atoms with Crippen LogP contribution in [-0.2, 0) is 14.3 Å². The van der Waals surface area contributed by atoms with E-state index >= 15 is 0 Å². The van der Waals surface area contributed by atoms with Crippen LogP contribution in [0.2, 0.25) is 0 Å². The summed E-state index contributed by atoms with van der Waals surface area (Å²) < 4.78 is 5.19. The molecule has 1 N–H and O–H groups in total. The number of nitrogens with one attached hydrogen (secondary N) is 1. The Kier molecular flexibility index (Phi) is 5.96. The Labute approximate surface area is 199 Å². The van der Waals surface area contributed by atoms with Gasteiger partial charge in [-0.25, -0.2) is 4.79 Å². The second-order valence-electron chi connectivity index (χ2n) is 8.42. The van der Waals surface area contributed by atoms with Crippen LogP contribution in [-0.4, -0.2) is 25.0 Å². The Morgan fingerprint density at radius 2 is 1.12 bits per heavy atom. The molecular formula is C30H25NO3.